The van der Waals surface area contributed by atoms with E-state index >= 15 is 0 Å². The van der Waals surface area contributed by atoms with Gasteiger partial charge >= 0.3 is 5.97 Å². The van der Waals surface area contributed by atoms with Gasteiger partial charge in [0.1, 0.15) is 41.8 Å². The molecule has 1 aliphatic heterocycles. The average Bonchev–Trinajstić information content (AvgIpc) is 3.61. The molecule has 4 amide bonds. The fourth-order valence-corrected chi connectivity index (χ4v) is 6.13. The number of likely N-dealkylation sites (tertiary alicyclic amines) is 1. The van der Waals surface area contributed by atoms with Gasteiger partial charge in [0, 0.05) is 25.4 Å². The van der Waals surface area contributed by atoms with Crippen LogP contribution in [0.25, 0.3) is 0 Å². The van der Waals surface area contributed by atoms with E-state index in [2.05, 4.69) is 22.9 Å². The number of aliphatic carboxylic acids is 1. The number of hydrogen-bond acceptors (Lipinski definition) is 10. The van der Waals surface area contributed by atoms with E-state index in [1.165, 1.54) is 48.2 Å². The number of phenols is 2. The number of nitrogens with zero attached hydrogens (tertiary/aromatic N) is 1. The third kappa shape index (κ3) is 12.5. The van der Waals surface area contributed by atoms with Crippen molar-refractivity contribution in [3.8, 4) is 11.5 Å². The standard InChI is InChI=1S/C37H53N5O10/c1-3-4-5-6-7-9-27(38)32(46)35(49)41-31(22(2)43)36(50)42-19-8-10-30(42)34(48)39-28(20-23-11-15-25(44)16-12-23)33(47)40-29(37(51)52)21-24-13-17-26(45)18-14-24/h11-18,22,27-32,43-46H,3-10,19-21,38H2,1-2H3,(H,39,48)(H,40,47)(H,41,49)(H,51,52)/t22-,27+,28-,29-,30-,31?,32-/m0/s1. The maximum Gasteiger partial charge on any atom is 0.326 e. The average molecular weight is 728 g/mol. The van der Waals surface area contributed by atoms with Crippen LogP contribution in [0.3, 0.4) is 0 Å². The minimum absolute atomic E-state index is 0.0109. The number of carboxylic acid groups (broad SMARTS) is 1. The molecule has 1 aliphatic rings. The molecule has 15 heteroatoms. The van der Waals surface area contributed by atoms with E-state index in [1.807, 2.05) is 0 Å². The number of carbonyl (C=O) groups is 5. The predicted octanol–water partition coefficient (Wildman–Crippen LogP) is 0.843. The maximum absolute atomic E-state index is 13.8. The number of phenolic OH excluding ortho intramolecular Hbond substituents is 2. The summed E-state index contributed by atoms with van der Waals surface area (Å²) < 4.78 is 0. The van der Waals surface area contributed by atoms with Crippen LogP contribution in [0.2, 0.25) is 0 Å². The summed E-state index contributed by atoms with van der Waals surface area (Å²) in [5.41, 5.74) is 7.13. The first-order chi connectivity index (χ1) is 24.7. The number of benzene rings is 2. The number of aliphatic hydroxyl groups is 2. The van der Waals surface area contributed by atoms with E-state index in [9.17, 15) is 49.5 Å². The molecule has 0 spiro atoms. The van der Waals surface area contributed by atoms with Crippen LogP contribution in [-0.2, 0) is 36.8 Å². The second-order valence-electron chi connectivity index (χ2n) is 13.4. The Bertz CT molecular complexity index is 1490. The lowest BCUT2D eigenvalue weighted by molar-refractivity contribution is -0.146. The summed E-state index contributed by atoms with van der Waals surface area (Å²) in [7, 11) is 0. The Morgan fingerprint density at radius 2 is 1.37 bits per heavy atom. The molecule has 3 rings (SSSR count). The van der Waals surface area contributed by atoms with E-state index in [0.717, 1.165) is 32.1 Å². The molecule has 15 nitrogen and oxygen atoms in total. The van der Waals surface area contributed by atoms with Gasteiger partial charge in [0.25, 0.3) is 5.91 Å². The van der Waals surface area contributed by atoms with Gasteiger partial charge in [0.2, 0.25) is 17.7 Å². The Kier molecular flexibility index (Phi) is 16.3. The summed E-state index contributed by atoms with van der Waals surface area (Å²) in [5.74, 6) is -4.57. The first kappa shape index (κ1) is 41.7. The third-order valence-corrected chi connectivity index (χ3v) is 9.20. The van der Waals surface area contributed by atoms with E-state index < -0.39 is 72.0 Å². The molecule has 0 aliphatic carbocycles. The zero-order chi connectivity index (χ0) is 38.4. The van der Waals surface area contributed by atoms with Gasteiger partial charge in [-0.05, 0) is 61.6 Å². The summed E-state index contributed by atoms with van der Waals surface area (Å²) in [6.07, 6.45) is 2.55. The Labute approximate surface area is 303 Å². The second-order valence-corrected chi connectivity index (χ2v) is 13.4. The van der Waals surface area contributed by atoms with Crippen molar-refractivity contribution in [1.29, 1.82) is 0 Å². The number of nitrogens with two attached hydrogens (primary N) is 1. The van der Waals surface area contributed by atoms with Gasteiger partial charge < -0.3 is 52.1 Å². The monoisotopic (exact) mass is 727 g/mol. The van der Waals surface area contributed by atoms with E-state index in [4.69, 9.17) is 5.73 Å². The second kappa shape index (κ2) is 20.3. The number of nitrogens with one attached hydrogen (secondary N) is 3. The third-order valence-electron chi connectivity index (χ3n) is 9.20. The van der Waals surface area contributed by atoms with Crippen molar-refractivity contribution in [3.63, 3.8) is 0 Å². The number of carboxylic acids is 1. The van der Waals surface area contributed by atoms with Crippen molar-refractivity contribution >= 4 is 29.6 Å². The molecule has 0 radical (unpaired) electrons. The molecule has 7 atom stereocenters. The molecule has 2 aromatic rings. The van der Waals surface area contributed by atoms with Crippen LogP contribution in [0.5, 0.6) is 11.5 Å². The Balaban J connectivity index is 1.74. The van der Waals surface area contributed by atoms with Crippen molar-refractivity contribution in [1.82, 2.24) is 20.9 Å². The number of amides is 4. The van der Waals surface area contributed by atoms with Crippen LogP contribution in [0.15, 0.2) is 48.5 Å². The maximum atomic E-state index is 13.8. The number of aliphatic hydroxyl groups excluding tert-OH is 2. The van der Waals surface area contributed by atoms with Crippen LogP contribution in [0.4, 0.5) is 0 Å². The van der Waals surface area contributed by atoms with Crippen molar-refractivity contribution < 1.29 is 49.5 Å². The summed E-state index contributed by atoms with van der Waals surface area (Å²) in [6.45, 7) is 3.49. The van der Waals surface area contributed by atoms with Crippen LogP contribution < -0.4 is 21.7 Å². The quantitative estimate of drug-likeness (QED) is 0.0865. The normalized spacial score (nSPS) is 17.6. The van der Waals surface area contributed by atoms with Gasteiger partial charge in [-0.15, -0.1) is 0 Å². The molecule has 1 unspecified atom stereocenters. The highest BCUT2D eigenvalue weighted by Crippen LogP contribution is 2.21. The molecule has 1 heterocycles. The summed E-state index contributed by atoms with van der Waals surface area (Å²) in [6, 6.07) is 5.54. The molecule has 2 aromatic carbocycles. The highest BCUT2D eigenvalue weighted by Gasteiger charge is 2.41. The van der Waals surface area contributed by atoms with Crippen LogP contribution in [-0.4, -0.2) is 109 Å². The fraction of sp³-hybridized carbons (Fsp3) is 0.541. The number of carbonyl (C=O) groups excluding carboxylic acids is 4. The highest BCUT2D eigenvalue weighted by atomic mass is 16.4. The molecule has 1 saturated heterocycles. The van der Waals surface area contributed by atoms with E-state index in [-0.39, 0.29) is 37.3 Å². The molecule has 1 fully saturated rings. The SMILES string of the molecule is CCCCCCC[C@@H](N)[C@H](O)C(=O)NC(C(=O)N1CCC[C@H]1C(=O)N[C@@H](Cc1ccc(O)cc1)C(=O)N[C@@H](Cc1ccc(O)cc1)C(=O)O)[C@H](C)O. The highest BCUT2D eigenvalue weighted by molar-refractivity contribution is 5.96. The number of hydrogen-bond donors (Lipinski definition) is 9. The predicted molar refractivity (Wildman–Crippen MR) is 191 cm³/mol. The lowest BCUT2D eigenvalue weighted by Gasteiger charge is -2.31. The Morgan fingerprint density at radius 1 is 0.808 bits per heavy atom. The lowest BCUT2D eigenvalue weighted by Crippen LogP contribution is -2.60. The first-order valence-corrected chi connectivity index (χ1v) is 17.8. The van der Waals surface area contributed by atoms with Crippen LogP contribution in [0, 0.1) is 0 Å². The smallest absolute Gasteiger partial charge is 0.326 e. The fourth-order valence-electron chi connectivity index (χ4n) is 6.13. The number of unbranched alkanes of at least 4 members (excludes halogenated alkanes) is 4. The van der Waals surface area contributed by atoms with E-state index in [0.29, 0.717) is 24.0 Å². The van der Waals surface area contributed by atoms with Gasteiger partial charge in [-0.25, -0.2) is 4.79 Å². The topological polar surface area (TPSA) is 252 Å². The summed E-state index contributed by atoms with van der Waals surface area (Å²) >= 11 is 0. The van der Waals surface area contributed by atoms with Gasteiger partial charge in [0.15, 0.2) is 0 Å². The van der Waals surface area contributed by atoms with Crippen molar-refractivity contribution in [2.75, 3.05) is 6.54 Å². The van der Waals surface area contributed by atoms with Crippen molar-refractivity contribution in [3.05, 3.63) is 59.7 Å². The zero-order valence-electron chi connectivity index (χ0n) is 29.7. The first-order valence-electron chi connectivity index (χ1n) is 17.8. The molecule has 52 heavy (non-hydrogen) atoms. The van der Waals surface area contributed by atoms with Crippen molar-refractivity contribution in [2.45, 2.75) is 120 Å². The van der Waals surface area contributed by atoms with Gasteiger partial charge in [0.05, 0.1) is 6.10 Å². The van der Waals surface area contributed by atoms with Gasteiger partial charge in [-0.1, -0.05) is 63.3 Å². The lowest BCUT2D eigenvalue weighted by atomic mass is 10.0. The zero-order valence-corrected chi connectivity index (χ0v) is 29.7. The molecular weight excluding hydrogens is 674 g/mol. The Morgan fingerprint density at radius 3 is 1.90 bits per heavy atom. The molecule has 0 aromatic heterocycles. The summed E-state index contributed by atoms with van der Waals surface area (Å²) in [4.78, 5) is 67.4. The molecular formula is C37H53N5O10. The largest absolute Gasteiger partial charge is 0.508 e. The van der Waals surface area contributed by atoms with Gasteiger partial charge in [-0.3, -0.25) is 19.2 Å². The number of aromatic hydroxyl groups is 2. The van der Waals surface area contributed by atoms with E-state index in [1.54, 1.807) is 12.1 Å². The van der Waals surface area contributed by atoms with Crippen molar-refractivity contribution in [2.24, 2.45) is 5.73 Å². The molecule has 10 N–H and O–H groups in total. The number of rotatable bonds is 20. The minimum Gasteiger partial charge on any atom is -0.508 e. The molecule has 0 bridgehead atoms. The van der Waals surface area contributed by atoms with Crippen LogP contribution >= 0.6 is 0 Å². The minimum atomic E-state index is -1.62. The molecule has 0 saturated carbocycles. The summed E-state index contributed by atoms with van der Waals surface area (Å²) in [5, 5.41) is 57.8. The van der Waals surface area contributed by atoms with Gasteiger partial charge in [-0.2, -0.15) is 0 Å². The van der Waals surface area contributed by atoms with Crippen LogP contribution in [0.1, 0.15) is 76.3 Å². The Hall–Kier alpha value is -4.73. The molecule has 286 valence electrons.